The third-order valence-corrected chi connectivity index (χ3v) is 7.07. The molecule has 1 heterocycles. The van der Waals surface area contributed by atoms with Crippen molar-refractivity contribution in [1.82, 2.24) is 9.80 Å². The Hall–Kier alpha value is -2.30. The zero-order chi connectivity index (χ0) is 23.1. The van der Waals surface area contributed by atoms with Crippen LogP contribution in [0.1, 0.15) is 57.9 Å². The number of rotatable bonds is 8. The predicted molar refractivity (Wildman–Crippen MR) is 128 cm³/mol. The van der Waals surface area contributed by atoms with Gasteiger partial charge in [0.2, 0.25) is 11.8 Å². The molecule has 0 unspecified atom stereocenters. The zero-order valence-corrected chi connectivity index (χ0v) is 20.3. The maximum absolute atomic E-state index is 13.0. The van der Waals surface area contributed by atoms with E-state index in [0.29, 0.717) is 24.2 Å². The number of methoxy groups -OCH3 is 1. The van der Waals surface area contributed by atoms with Crippen LogP contribution >= 0.6 is 0 Å². The lowest BCUT2D eigenvalue weighted by atomic mass is 9.84. The molecule has 0 bridgehead atoms. The van der Waals surface area contributed by atoms with Gasteiger partial charge in [-0.2, -0.15) is 0 Å². The van der Waals surface area contributed by atoms with Crippen LogP contribution in [-0.2, 0) is 16.0 Å². The Kier molecular flexibility index (Phi) is 8.77. The molecule has 1 fully saturated rings. The summed E-state index contributed by atoms with van der Waals surface area (Å²) >= 11 is 0. The Morgan fingerprint density at radius 2 is 1.91 bits per heavy atom. The Morgan fingerprint density at radius 1 is 1.16 bits per heavy atom. The second-order valence-electron chi connectivity index (χ2n) is 9.87. The van der Waals surface area contributed by atoms with Crippen LogP contribution in [0.3, 0.4) is 0 Å². The molecule has 0 N–H and O–H groups in total. The highest BCUT2D eigenvalue weighted by Gasteiger charge is 2.34. The molecule has 32 heavy (non-hydrogen) atoms. The van der Waals surface area contributed by atoms with Gasteiger partial charge in [0, 0.05) is 38.5 Å². The maximum atomic E-state index is 13.0. The van der Waals surface area contributed by atoms with Crippen molar-refractivity contribution in [3.05, 3.63) is 42.0 Å². The summed E-state index contributed by atoms with van der Waals surface area (Å²) in [6, 6.07) is 8.29. The number of piperidine rings is 1. The highest BCUT2D eigenvalue weighted by atomic mass is 16.5. The van der Waals surface area contributed by atoms with E-state index < -0.39 is 0 Å². The predicted octanol–water partition coefficient (Wildman–Crippen LogP) is 4.71. The summed E-state index contributed by atoms with van der Waals surface area (Å²) in [5, 5.41) is 0. The maximum Gasteiger partial charge on any atom is 0.226 e. The second kappa shape index (κ2) is 11.5. The average molecular weight is 441 g/mol. The summed E-state index contributed by atoms with van der Waals surface area (Å²) in [6.07, 6.45) is 10.5. The SMILES string of the molecule is COc1cccc(C[C@@H](C2CCN(C(=O)[C@@H]3CC=CCC3)CC2)N(C)C(=O)CC(C)C)c1. The van der Waals surface area contributed by atoms with Gasteiger partial charge in [0.25, 0.3) is 0 Å². The largest absolute Gasteiger partial charge is 0.497 e. The van der Waals surface area contributed by atoms with Crippen molar-refractivity contribution < 1.29 is 14.3 Å². The van der Waals surface area contributed by atoms with Crippen LogP contribution in [0.15, 0.2) is 36.4 Å². The van der Waals surface area contributed by atoms with Crippen molar-refractivity contribution in [2.75, 3.05) is 27.2 Å². The third-order valence-electron chi connectivity index (χ3n) is 7.07. The number of hydrogen-bond acceptors (Lipinski definition) is 3. The van der Waals surface area contributed by atoms with Crippen LogP contribution < -0.4 is 4.74 Å². The molecular formula is C27H40N2O3. The Morgan fingerprint density at radius 3 is 2.53 bits per heavy atom. The lowest BCUT2D eigenvalue weighted by molar-refractivity contribution is -0.139. The summed E-state index contributed by atoms with van der Waals surface area (Å²) in [5.41, 5.74) is 1.19. The van der Waals surface area contributed by atoms with Crippen LogP contribution in [0.4, 0.5) is 0 Å². The topological polar surface area (TPSA) is 49.9 Å². The molecule has 2 atom stereocenters. The number of carbonyl (C=O) groups is 2. The minimum atomic E-state index is 0.128. The molecule has 3 rings (SSSR count). The molecule has 5 heteroatoms. The molecule has 2 amide bonds. The van der Waals surface area contributed by atoms with Gasteiger partial charge in [-0.25, -0.2) is 0 Å². The fourth-order valence-corrected chi connectivity index (χ4v) is 5.12. The normalized spacial score (nSPS) is 20.3. The fourth-order valence-electron chi connectivity index (χ4n) is 5.12. The van der Waals surface area contributed by atoms with E-state index in [4.69, 9.17) is 4.74 Å². The van der Waals surface area contributed by atoms with E-state index in [9.17, 15) is 9.59 Å². The molecule has 0 saturated carbocycles. The average Bonchev–Trinajstić information content (AvgIpc) is 2.82. The van der Waals surface area contributed by atoms with Gasteiger partial charge in [0.1, 0.15) is 5.75 Å². The van der Waals surface area contributed by atoms with E-state index in [0.717, 1.165) is 57.4 Å². The molecule has 5 nitrogen and oxygen atoms in total. The Balaban J connectivity index is 1.69. The number of amides is 2. The van der Waals surface area contributed by atoms with Crippen LogP contribution in [0, 0.1) is 17.8 Å². The molecule has 176 valence electrons. The van der Waals surface area contributed by atoms with Gasteiger partial charge in [0.15, 0.2) is 0 Å². The number of nitrogens with zero attached hydrogens (tertiary/aromatic N) is 2. The number of likely N-dealkylation sites (N-methyl/N-ethyl adjacent to an activating group) is 1. The molecule has 1 saturated heterocycles. The van der Waals surface area contributed by atoms with Gasteiger partial charge >= 0.3 is 0 Å². The summed E-state index contributed by atoms with van der Waals surface area (Å²) in [5.74, 6) is 2.25. The number of allylic oxidation sites excluding steroid dienone is 2. The van der Waals surface area contributed by atoms with Gasteiger partial charge in [-0.15, -0.1) is 0 Å². The van der Waals surface area contributed by atoms with Crippen molar-refractivity contribution in [3.8, 4) is 5.75 Å². The van der Waals surface area contributed by atoms with Crippen LogP contribution in [0.2, 0.25) is 0 Å². The van der Waals surface area contributed by atoms with Gasteiger partial charge in [0.05, 0.1) is 7.11 Å². The Labute approximate surface area is 193 Å². The number of hydrogen-bond donors (Lipinski definition) is 0. The molecule has 1 aromatic carbocycles. The summed E-state index contributed by atoms with van der Waals surface area (Å²) in [6.45, 7) is 5.77. The van der Waals surface area contributed by atoms with E-state index >= 15 is 0 Å². The first-order chi connectivity index (χ1) is 15.4. The van der Waals surface area contributed by atoms with E-state index in [1.54, 1.807) is 7.11 Å². The van der Waals surface area contributed by atoms with Crippen molar-refractivity contribution in [2.24, 2.45) is 17.8 Å². The van der Waals surface area contributed by atoms with Crippen molar-refractivity contribution in [3.63, 3.8) is 0 Å². The van der Waals surface area contributed by atoms with Crippen molar-refractivity contribution >= 4 is 11.8 Å². The molecule has 2 aliphatic rings. The van der Waals surface area contributed by atoms with E-state index in [-0.39, 0.29) is 17.9 Å². The van der Waals surface area contributed by atoms with Crippen LogP contribution in [0.25, 0.3) is 0 Å². The molecule has 1 aliphatic heterocycles. The van der Waals surface area contributed by atoms with E-state index in [2.05, 4.69) is 43.0 Å². The lowest BCUT2D eigenvalue weighted by Gasteiger charge is -2.41. The number of benzene rings is 1. The first-order valence-corrected chi connectivity index (χ1v) is 12.2. The first kappa shape index (κ1) is 24.3. The first-order valence-electron chi connectivity index (χ1n) is 12.2. The number of likely N-dealkylation sites (tertiary alicyclic amines) is 1. The van der Waals surface area contributed by atoms with E-state index in [1.807, 2.05) is 24.1 Å². The summed E-state index contributed by atoms with van der Waals surface area (Å²) in [4.78, 5) is 30.0. The van der Waals surface area contributed by atoms with Crippen molar-refractivity contribution in [1.29, 1.82) is 0 Å². The number of ether oxygens (including phenoxy) is 1. The molecule has 1 aromatic rings. The minimum Gasteiger partial charge on any atom is -0.497 e. The van der Waals surface area contributed by atoms with Crippen LogP contribution in [0.5, 0.6) is 5.75 Å². The standard InChI is InChI=1S/C27H40N2O3/c1-20(2)17-26(30)28(3)25(19-21-9-8-12-24(18-21)32-4)22-13-15-29(16-14-22)27(31)23-10-6-5-7-11-23/h5-6,8-9,12,18,20,22-23,25H,7,10-11,13-17,19H2,1-4H3/t23-,25+/m1/s1. The Bertz CT molecular complexity index is 796. The zero-order valence-electron chi connectivity index (χ0n) is 20.3. The fraction of sp³-hybridized carbons (Fsp3) is 0.630. The molecule has 0 aromatic heterocycles. The van der Waals surface area contributed by atoms with Gasteiger partial charge in [-0.05, 0) is 68.1 Å². The van der Waals surface area contributed by atoms with Gasteiger partial charge in [-0.3, -0.25) is 9.59 Å². The minimum absolute atomic E-state index is 0.128. The molecule has 0 spiro atoms. The van der Waals surface area contributed by atoms with Crippen LogP contribution in [-0.4, -0.2) is 54.9 Å². The smallest absolute Gasteiger partial charge is 0.226 e. The lowest BCUT2D eigenvalue weighted by Crippen LogP contribution is -2.49. The highest BCUT2D eigenvalue weighted by molar-refractivity contribution is 5.79. The van der Waals surface area contributed by atoms with E-state index in [1.165, 1.54) is 5.56 Å². The van der Waals surface area contributed by atoms with Gasteiger partial charge < -0.3 is 14.5 Å². The quantitative estimate of drug-likeness (QED) is 0.550. The summed E-state index contributed by atoms with van der Waals surface area (Å²) in [7, 11) is 3.64. The molecule has 1 aliphatic carbocycles. The molecule has 0 radical (unpaired) electrons. The molecular weight excluding hydrogens is 400 g/mol. The highest BCUT2D eigenvalue weighted by Crippen LogP contribution is 2.30. The monoisotopic (exact) mass is 440 g/mol. The van der Waals surface area contributed by atoms with Crippen molar-refractivity contribution in [2.45, 2.75) is 64.8 Å². The summed E-state index contributed by atoms with van der Waals surface area (Å²) < 4.78 is 5.41. The number of carbonyl (C=O) groups excluding carboxylic acids is 2. The second-order valence-corrected chi connectivity index (χ2v) is 9.87. The van der Waals surface area contributed by atoms with Gasteiger partial charge in [-0.1, -0.05) is 38.1 Å². The third kappa shape index (κ3) is 6.36.